The van der Waals surface area contributed by atoms with E-state index in [2.05, 4.69) is 32.4 Å². The molecule has 3 heterocycles. The van der Waals surface area contributed by atoms with Crippen LogP contribution in [0, 0.1) is 10.1 Å². The third-order valence-electron chi connectivity index (χ3n) is 3.90. The van der Waals surface area contributed by atoms with Crippen LogP contribution in [0.3, 0.4) is 0 Å². The highest BCUT2D eigenvalue weighted by atomic mass is 16.6. The van der Waals surface area contributed by atoms with Crippen molar-refractivity contribution in [3.8, 4) is 0 Å². The number of nitrogens with one attached hydrogen (secondary N) is 1. The number of piperidine rings is 1. The number of nitrogens with zero attached hydrogens (tertiary/aromatic N) is 7. The number of nitro groups is 1. The molecule has 2 aromatic heterocycles. The number of rotatable bonds is 5. The Hall–Kier alpha value is -2.82. The number of carbonyl (C=O) groups excluding carboxylic acids is 1. The van der Waals surface area contributed by atoms with Crippen molar-refractivity contribution in [2.45, 2.75) is 25.6 Å². The molecule has 1 aliphatic heterocycles. The maximum Gasteiger partial charge on any atom is 0.491 e. The average Bonchev–Trinajstić information content (AvgIpc) is 3.19. The summed E-state index contributed by atoms with van der Waals surface area (Å²) in [5, 5.41) is 21.4. The molecule has 11 nitrogen and oxygen atoms in total. The quantitative estimate of drug-likeness (QED) is 0.588. The van der Waals surface area contributed by atoms with Crippen LogP contribution in [0.4, 0.5) is 5.95 Å². The van der Waals surface area contributed by atoms with E-state index in [4.69, 9.17) is 0 Å². The highest BCUT2D eigenvalue weighted by Crippen LogP contribution is 2.09. The Labute approximate surface area is 137 Å². The molecular weight excluding hydrogens is 316 g/mol. The van der Waals surface area contributed by atoms with Gasteiger partial charge in [-0.05, 0) is 44.0 Å². The molecule has 24 heavy (non-hydrogen) atoms. The highest BCUT2D eigenvalue weighted by molar-refractivity contribution is 5.92. The van der Waals surface area contributed by atoms with Crippen molar-refractivity contribution in [1.82, 2.24) is 34.8 Å². The molecule has 0 saturated carbocycles. The van der Waals surface area contributed by atoms with Crippen molar-refractivity contribution < 1.29 is 9.72 Å². The maximum atomic E-state index is 12.2. The zero-order valence-corrected chi connectivity index (χ0v) is 13.2. The van der Waals surface area contributed by atoms with Gasteiger partial charge in [-0.1, -0.05) is 4.98 Å². The van der Waals surface area contributed by atoms with Crippen molar-refractivity contribution in [3.63, 3.8) is 0 Å². The second kappa shape index (κ2) is 6.74. The second-order valence-electron chi connectivity index (χ2n) is 5.77. The van der Waals surface area contributed by atoms with Crippen molar-refractivity contribution in [1.29, 1.82) is 0 Å². The monoisotopic (exact) mass is 334 g/mol. The first-order valence-corrected chi connectivity index (χ1v) is 7.58. The van der Waals surface area contributed by atoms with Crippen molar-refractivity contribution in [2.75, 3.05) is 20.1 Å². The van der Waals surface area contributed by atoms with E-state index in [1.807, 2.05) is 0 Å². The normalized spacial score (nSPS) is 16.2. The van der Waals surface area contributed by atoms with Crippen LogP contribution in [0.1, 0.15) is 23.3 Å². The van der Waals surface area contributed by atoms with Crippen LogP contribution in [0.5, 0.6) is 0 Å². The summed E-state index contributed by atoms with van der Waals surface area (Å²) in [5.74, 6) is -0.685. The van der Waals surface area contributed by atoms with Crippen LogP contribution >= 0.6 is 0 Å². The van der Waals surface area contributed by atoms with E-state index in [9.17, 15) is 14.9 Å². The first kappa shape index (κ1) is 16.1. The number of aromatic nitrogens is 5. The van der Waals surface area contributed by atoms with Gasteiger partial charge < -0.3 is 20.3 Å². The lowest BCUT2D eigenvalue weighted by atomic mass is 10.1. The third kappa shape index (κ3) is 3.74. The molecule has 0 unspecified atom stereocenters. The fraction of sp³-hybridized carbons (Fsp3) is 0.538. The van der Waals surface area contributed by atoms with E-state index in [1.54, 1.807) is 12.3 Å². The van der Waals surface area contributed by atoms with Crippen LogP contribution in [0.2, 0.25) is 0 Å². The molecule has 0 bridgehead atoms. The molecule has 0 radical (unpaired) electrons. The molecule has 3 rings (SSSR count). The molecule has 1 saturated heterocycles. The minimum atomic E-state index is -0.667. The number of hydrogen-bond donors (Lipinski definition) is 1. The van der Waals surface area contributed by atoms with Gasteiger partial charge in [-0.3, -0.25) is 4.79 Å². The Morgan fingerprint density at radius 1 is 1.38 bits per heavy atom. The molecule has 2 aromatic rings. The van der Waals surface area contributed by atoms with E-state index < -0.39 is 10.9 Å². The summed E-state index contributed by atoms with van der Waals surface area (Å²) in [5.41, 5.74) is 0.309. The molecule has 0 atom stereocenters. The lowest BCUT2D eigenvalue weighted by Gasteiger charge is -2.29. The van der Waals surface area contributed by atoms with E-state index in [-0.39, 0.29) is 18.6 Å². The molecule has 0 aliphatic carbocycles. The lowest BCUT2D eigenvalue weighted by molar-refractivity contribution is -0.394. The molecule has 1 N–H and O–H groups in total. The van der Waals surface area contributed by atoms with Crippen molar-refractivity contribution in [3.05, 3.63) is 34.4 Å². The van der Waals surface area contributed by atoms with Crippen LogP contribution in [-0.2, 0) is 6.67 Å². The average molecular weight is 334 g/mol. The minimum Gasteiger partial charge on any atom is -0.390 e. The molecule has 0 spiro atoms. The van der Waals surface area contributed by atoms with Crippen LogP contribution < -0.4 is 5.32 Å². The predicted octanol–water partition coefficient (Wildman–Crippen LogP) is -0.287. The third-order valence-corrected chi connectivity index (χ3v) is 3.90. The van der Waals surface area contributed by atoms with Gasteiger partial charge in [0.1, 0.15) is 5.69 Å². The zero-order chi connectivity index (χ0) is 17.1. The van der Waals surface area contributed by atoms with E-state index in [1.165, 1.54) is 15.7 Å². The summed E-state index contributed by atoms with van der Waals surface area (Å²) < 4.78 is 2.76. The lowest BCUT2D eigenvalue weighted by Crippen LogP contribution is -2.43. The van der Waals surface area contributed by atoms with Gasteiger partial charge in [0.15, 0.2) is 6.67 Å². The standard InChI is InChI=1S/C13H18N8O3/c1-18-5-2-10(3-6-18)15-12(22)11-4-7-19(16-11)9-20-8-14-13(17-20)21(23)24/h4,7-8,10H,2-3,5-6,9H2,1H3,(H,15,22). The summed E-state index contributed by atoms with van der Waals surface area (Å²) in [6, 6.07) is 1.77. The smallest absolute Gasteiger partial charge is 0.390 e. The van der Waals surface area contributed by atoms with E-state index in [0.717, 1.165) is 25.9 Å². The Kier molecular flexibility index (Phi) is 4.51. The molecule has 1 aliphatic rings. The second-order valence-corrected chi connectivity index (χ2v) is 5.77. The Balaban J connectivity index is 1.58. The van der Waals surface area contributed by atoms with E-state index >= 15 is 0 Å². The fourth-order valence-corrected chi connectivity index (χ4v) is 2.56. The first-order chi connectivity index (χ1) is 11.5. The van der Waals surface area contributed by atoms with Gasteiger partial charge in [0, 0.05) is 17.3 Å². The Morgan fingerprint density at radius 2 is 2.12 bits per heavy atom. The Bertz CT molecular complexity index is 731. The van der Waals surface area contributed by atoms with Crippen LogP contribution in [0.25, 0.3) is 0 Å². The van der Waals surface area contributed by atoms with Gasteiger partial charge in [0.05, 0.1) is 0 Å². The van der Waals surface area contributed by atoms with Crippen LogP contribution in [-0.4, -0.2) is 66.5 Å². The minimum absolute atomic E-state index is 0.141. The summed E-state index contributed by atoms with van der Waals surface area (Å²) in [7, 11) is 2.06. The van der Waals surface area contributed by atoms with Crippen LogP contribution in [0.15, 0.2) is 18.6 Å². The molecule has 11 heteroatoms. The topological polar surface area (TPSA) is 124 Å². The molecular formula is C13H18N8O3. The van der Waals surface area contributed by atoms with Gasteiger partial charge in [-0.25, -0.2) is 4.68 Å². The van der Waals surface area contributed by atoms with Crippen molar-refractivity contribution in [2.24, 2.45) is 0 Å². The van der Waals surface area contributed by atoms with Gasteiger partial charge in [-0.2, -0.15) is 9.78 Å². The Morgan fingerprint density at radius 3 is 2.79 bits per heavy atom. The van der Waals surface area contributed by atoms with Gasteiger partial charge >= 0.3 is 5.95 Å². The molecule has 1 fully saturated rings. The molecule has 1 amide bonds. The molecule has 128 valence electrons. The first-order valence-electron chi connectivity index (χ1n) is 7.58. The maximum absolute atomic E-state index is 12.2. The number of hydrogen-bond acceptors (Lipinski definition) is 7. The predicted molar refractivity (Wildman–Crippen MR) is 82.3 cm³/mol. The largest absolute Gasteiger partial charge is 0.491 e. The summed E-state index contributed by atoms with van der Waals surface area (Å²) in [4.78, 5) is 27.9. The fourth-order valence-electron chi connectivity index (χ4n) is 2.56. The van der Waals surface area contributed by atoms with Gasteiger partial charge in [0.25, 0.3) is 5.91 Å². The molecule has 0 aromatic carbocycles. The summed E-state index contributed by atoms with van der Waals surface area (Å²) in [6.07, 6.45) is 4.71. The number of amides is 1. The van der Waals surface area contributed by atoms with Crippen molar-refractivity contribution >= 4 is 11.9 Å². The van der Waals surface area contributed by atoms with Gasteiger partial charge in [0.2, 0.25) is 6.33 Å². The summed E-state index contributed by atoms with van der Waals surface area (Å²) >= 11 is 0. The zero-order valence-electron chi connectivity index (χ0n) is 13.2. The highest BCUT2D eigenvalue weighted by Gasteiger charge is 2.20. The number of carbonyl (C=O) groups is 1. The van der Waals surface area contributed by atoms with E-state index in [0.29, 0.717) is 5.69 Å². The van der Waals surface area contributed by atoms with Gasteiger partial charge in [-0.15, -0.1) is 0 Å². The summed E-state index contributed by atoms with van der Waals surface area (Å²) in [6.45, 7) is 2.07. The number of likely N-dealkylation sites (tertiary alicyclic amines) is 1. The SMILES string of the molecule is CN1CCC(NC(=O)c2ccn(Cn3cnc([N+](=O)[O-])n3)n2)CC1.